The predicted octanol–water partition coefficient (Wildman–Crippen LogP) is 2.74. The van der Waals surface area contributed by atoms with Crippen molar-refractivity contribution in [1.29, 1.82) is 0 Å². The van der Waals surface area contributed by atoms with Gasteiger partial charge in [-0.1, -0.05) is 41.9 Å². The van der Waals surface area contributed by atoms with E-state index in [1.54, 1.807) is 0 Å². The quantitative estimate of drug-likeness (QED) is 0.776. The minimum atomic E-state index is -0.184. The Balaban J connectivity index is 2.04. The second kappa shape index (κ2) is 4.05. The van der Waals surface area contributed by atoms with Gasteiger partial charge in [-0.3, -0.25) is 4.79 Å². The van der Waals surface area contributed by atoms with Crippen LogP contribution in [0.2, 0.25) is 0 Å². The van der Waals surface area contributed by atoms with E-state index in [1.807, 2.05) is 18.2 Å². The molecule has 1 aliphatic carbocycles. The highest BCUT2D eigenvalue weighted by Crippen LogP contribution is 2.47. The smallest absolute Gasteiger partial charge is 0.293 e. The van der Waals surface area contributed by atoms with Gasteiger partial charge in [0.1, 0.15) is 0 Å². The van der Waals surface area contributed by atoms with Crippen LogP contribution >= 0.6 is 0 Å². The summed E-state index contributed by atoms with van der Waals surface area (Å²) in [6.07, 6.45) is 3.17. The number of ketones is 1. The summed E-state index contributed by atoms with van der Waals surface area (Å²) in [5, 5.41) is 4.00. The van der Waals surface area contributed by atoms with Gasteiger partial charge in [-0.05, 0) is 18.4 Å². The van der Waals surface area contributed by atoms with Gasteiger partial charge in [0, 0.05) is 6.92 Å². The van der Waals surface area contributed by atoms with E-state index in [0.717, 1.165) is 19.3 Å². The third kappa shape index (κ3) is 1.56. The Morgan fingerprint density at radius 3 is 2.50 bits per heavy atom. The van der Waals surface area contributed by atoms with Gasteiger partial charge >= 0.3 is 0 Å². The number of nitrogens with zero attached hydrogens (tertiary/aromatic N) is 2. The lowest BCUT2D eigenvalue weighted by molar-refractivity contribution is 0.0972. The highest BCUT2D eigenvalue weighted by Gasteiger charge is 2.44. The van der Waals surface area contributed by atoms with Crippen molar-refractivity contribution in [3.05, 3.63) is 47.6 Å². The zero-order valence-corrected chi connectivity index (χ0v) is 10.2. The minimum absolute atomic E-state index is 0.104. The van der Waals surface area contributed by atoms with Gasteiger partial charge < -0.3 is 4.52 Å². The molecule has 1 aromatic carbocycles. The molecule has 0 amide bonds. The van der Waals surface area contributed by atoms with Crippen molar-refractivity contribution in [2.75, 3.05) is 0 Å². The number of carbonyl (C=O) groups excluding carboxylic acids is 1. The molecule has 0 unspecified atom stereocenters. The molecule has 0 N–H and O–H groups in total. The first-order chi connectivity index (χ1) is 8.72. The maximum Gasteiger partial charge on any atom is 0.293 e. The van der Waals surface area contributed by atoms with Crippen LogP contribution in [0.4, 0.5) is 0 Å². The lowest BCUT2D eigenvalue weighted by Crippen LogP contribution is -2.36. The molecule has 1 aliphatic rings. The second-order valence-corrected chi connectivity index (χ2v) is 4.78. The zero-order chi connectivity index (χ0) is 12.6. The number of rotatable bonds is 3. The molecule has 92 valence electrons. The summed E-state index contributed by atoms with van der Waals surface area (Å²) < 4.78 is 5.02. The third-order valence-electron chi connectivity index (χ3n) is 3.69. The fraction of sp³-hybridized carbons (Fsp3) is 0.357. The van der Waals surface area contributed by atoms with Crippen molar-refractivity contribution in [2.45, 2.75) is 31.6 Å². The molecule has 0 aliphatic heterocycles. The van der Waals surface area contributed by atoms with E-state index in [1.165, 1.54) is 12.5 Å². The summed E-state index contributed by atoms with van der Waals surface area (Å²) in [4.78, 5) is 15.5. The maximum absolute atomic E-state index is 11.2. The predicted molar refractivity (Wildman–Crippen MR) is 65.4 cm³/mol. The number of hydrogen-bond acceptors (Lipinski definition) is 4. The van der Waals surface area contributed by atoms with Crippen molar-refractivity contribution in [3.63, 3.8) is 0 Å². The van der Waals surface area contributed by atoms with Gasteiger partial charge in [-0.25, -0.2) is 0 Å². The minimum Gasteiger partial charge on any atom is -0.331 e. The summed E-state index contributed by atoms with van der Waals surface area (Å²) in [6, 6.07) is 10.2. The Morgan fingerprint density at radius 2 is 2.00 bits per heavy atom. The molecule has 4 heteroatoms. The molecule has 0 spiro atoms. The second-order valence-electron chi connectivity index (χ2n) is 4.78. The highest BCUT2D eigenvalue weighted by atomic mass is 16.5. The van der Waals surface area contributed by atoms with Crippen LogP contribution in [0.1, 0.15) is 48.3 Å². The van der Waals surface area contributed by atoms with Crippen LogP contribution in [0.5, 0.6) is 0 Å². The van der Waals surface area contributed by atoms with E-state index < -0.39 is 0 Å². The summed E-state index contributed by atoms with van der Waals surface area (Å²) in [7, 11) is 0. The van der Waals surface area contributed by atoms with Crippen LogP contribution in [-0.4, -0.2) is 15.9 Å². The lowest BCUT2D eigenvalue weighted by atomic mass is 9.64. The highest BCUT2D eigenvalue weighted by molar-refractivity contribution is 5.89. The lowest BCUT2D eigenvalue weighted by Gasteiger charge is -2.39. The molecular formula is C14H14N2O2. The largest absolute Gasteiger partial charge is 0.331 e. The van der Waals surface area contributed by atoms with E-state index in [4.69, 9.17) is 4.52 Å². The molecule has 1 heterocycles. The van der Waals surface area contributed by atoms with E-state index >= 15 is 0 Å². The fourth-order valence-electron chi connectivity index (χ4n) is 2.49. The van der Waals surface area contributed by atoms with Crippen LogP contribution in [0.25, 0.3) is 0 Å². The van der Waals surface area contributed by atoms with Crippen LogP contribution in [0, 0.1) is 0 Å². The maximum atomic E-state index is 11.2. The molecule has 2 aromatic rings. The molecule has 0 atom stereocenters. The van der Waals surface area contributed by atoms with Gasteiger partial charge in [0.05, 0.1) is 5.41 Å². The standard InChI is InChI=1S/C14H14N2O2/c1-10(17)12-15-13(16-18-12)14(8-5-9-14)11-6-3-2-4-7-11/h2-4,6-7H,5,8-9H2,1H3. The summed E-state index contributed by atoms with van der Waals surface area (Å²) in [5.41, 5.74) is 1.05. The molecule has 1 saturated carbocycles. The van der Waals surface area contributed by atoms with Gasteiger partial charge in [0.2, 0.25) is 5.78 Å². The number of Topliss-reactive ketones (excluding diaryl/α,β-unsaturated/α-hetero) is 1. The molecule has 1 fully saturated rings. The molecule has 0 saturated heterocycles. The van der Waals surface area contributed by atoms with Crippen molar-refractivity contribution in [3.8, 4) is 0 Å². The Kier molecular flexibility index (Phi) is 2.51. The van der Waals surface area contributed by atoms with Crippen molar-refractivity contribution < 1.29 is 9.32 Å². The van der Waals surface area contributed by atoms with Crippen LogP contribution in [0.3, 0.4) is 0 Å². The fourth-order valence-corrected chi connectivity index (χ4v) is 2.49. The van der Waals surface area contributed by atoms with Crippen LogP contribution in [-0.2, 0) is 5.41 Å². The molecule has 0 radical (unpaired) electrons. The summed E-state index contributed by atoms with van der Waals surface area (Å²) >= 11 is 0. The molecular weight excluding hydrogens is 228 g/mol. The number of hydrogen-bond donors (Lipinski definition) is 0. The Morgan fingerprint density at radius 1 is 1.28 bits per heavy atom. The molecule has 4 nitrogen and oxygen atoms in total. The average Bonchev–Trinajstić information content (AvgIpc) is 2.79. The monoisotopic (exact) mass is 242 g/mol. The van der Waals surface area contributed by atoms with E-state index in [0.29, 0.717) is 5.82 Å². The van der Waals surface area contributed by atoms with Gasteiger partial charge in [-0.2, -0.15) is 4.98 Å². The van der Waals surface area contributed by atoms with Crippen molar-refractivity contribution in [1.82, 2.24) is 10.1 Å². The van der Waals surface area contributed by atoms with Crippen molar-refractivity contribution in [2.24, 2.45) is 0 Å². The number of carbonyl (C=O) groups is 1. The SMILES string of the molecule is CC(=O)c1nc(C2(c3ccccc3)CCC2)no1. The summed E-state index contributed by atoms with van der Waals surface area (Å²) in [5.74, 6) is 0.564. The Labute approximate surface area is 105 Å². The molecule has 0 bridgehead atoms. The third-order valence-corrected chi connectivity index (χ3v) is 3.69. The topological polar surface area (TPSA) is 56.0 Å². The summed E-state index contributed by atoms with van der Waals surface area (Å²) in [6.45, 7) is 1.44. The van der Waals surface area contributed by atoms with E-state index in [2.05, 4.69) is 22.3 Å². The van der Waals surface area contributed by atoms with Crippen LogP contribution < -0.4 is 0 Å². The Hall–Kier alpha value is -1.97. The first kappa shape index (κ1) is 11.1. The molecule has 18 heavy (non-hydrogen) atoms. The van der Waals surface area contributed by atoms with Gasteiger partial charge in [0.25, 0.3) is 5.89 Å². The van der Waals surface area contributed by atoms with E-state index in [9.17, 15) is 4.79 Å². The zero-order valence-electron chi connectivity index (χ0n) is 10.2. The molecule has 3 rings (SSSR count). The number of benzene rings is 1. The first-order valence-electron chi connectivity index (χ1n) is 6.13. The first-order valence-corrected chi connectivity index (χ1v) is 6.13. The van der Waals surface area contributed by atoms with E-state index in [-0.39, 0.29) is 17.1 Å². The van der Waals surface area contributed by atoms with Gasteiger partial charge in [0.15, 0.2) is 5.82 Å². The van der Waals surface area contributed by atoms with Crippen molar-refractivity contribution >= 4 is 5.78 Å². The normalized spacial score (nSPS) is 17.2. The average molecular weight is 242 g/mol. The molecule has 1 aromatic heterocycles. The Bertz CT molecular complexity index is 570. The number of aromatic nitrogens is 2. The van der Waals surface area contributed by atoms with Gasteiger partial charge in [-0.15, -0.1) is 0 Å². The van der Waals surface area contributed by atoms with Crippen LogP contribution in [0.15, 0.2) is 34.9 Å².